The van der Waals surface area contributed by atoms with Crippen LogP contribution in [0.3, 0.4) is 0 Å². The van der Waals surface area contributed by atoms with E-state index in [0.29, 0.717) is 0 Å². The zero-order chi connectivity index (χ0) is 9.78. The smallest absolute Gasteiger partial charge is 0.409 e. The van der Waals surface area contributed by atoms with Crippen molar-refractivity contribution in [1.29, 1.82) is 0 Å². The van der Waals surface area contributed by atoms with Crippen LogP contribution >= 0.6 is 7.82 Å². The fraction of sp³-hybridized carbons (Fsp3) is 0.400. The van der Waals surface area contributed by atoms with Crippen LogP contribution < -0.4 is 5.32 Å². The van der Waals surface area contributed by atoms with E-state index in [1.807, 2.05) is 0 Å². The van der Waals surface area contributed by atoms with Crippen molar-refractivity contribution in [1.82, 2.24) is 5.32 Å². The van der Waals surface area contributed by atoms with Gasteiger partial charge >= 0.3 is 7.82 Å². The van der Waals surface area contributed by atoms with Gasteiger partial charge < -0.3 is 9.84 Å². The Bertz CT molecular complexity index is 242. The first kappa shape index (κ1) is 11.2. The van der Waals surface area contributed by atoms with Crippen molar-refractivity contribution in [3.8, 4) is 0 Å². The molecule has 0 atom stereocenters. The molecular formula is C5H10NO5P. The van der Waals surface area contributed by atoms with E-state index in [2.05, 4.69) is 9.84 Å². The second kappa shape index (κ2) is 4.25. The van der Waals surface area contributed by atoms with Gasteiger partial charge in [-0.1, -0.05) is 0 Å². The van der Waals surface area contributed by atoms with Crippen molar-refractivity contribution in [3.05, 3.63) is 11.8 Å². The van der Waals surface area contributed by atoms with Gasteiger partial charge in [-0.15, -0.1) is 0 Å². The number of phosphoric ester groups is 1. The first-order chi connectivity index (χ1) is 5.35. The lowest BCUT2D eigenvalue weighted by Crippen LogP contribution is -2.14. The van der Waals surface area contributed by atoms with Gasteiger partial charge in [-0.3, -0.25) is 14.6 Å². The Hall–Kier alpha value is -0.840. The maximum atomic E-state index is 10.6. The largest absolute Gasteiger partial charge is 0.524 e. The van der Waals surface area contributed by atoms with Crippen LogP contribution in [0.25, 0.3) is 0 Å². The minimum Gasteiger partial charge on any atom is -0.409 e. The van der Waals surface area contributed by atoms with Crippen molar-refractivity contribution in [3.63, 3.8) is 0 Å². The lowest BCUT2D eigenvalue weighted by molar-refractivity contribution is -0.116. The summed E-state index contributed by atoms with van der Waals surface area (Å²) in [4.78, 5) is 27.2. The molecule has 70 valence electrons. The van der Waals surface area contributed by atoms with Crippen molar-refractivity contribution in [2.75, 3.05) is 7.05 Å². The van der Waals surface area contributed by atoms with Crippen molar-refractivity contribution in [2.45, 2.75) is 6.92 Å². The molecule has 1 amide bonds. The highest BCUT2D eigenvalue weighted by molar-refractivity contribution is 7.46. The Morgan fingerprint density at radius 1 is 1.58 bits per heavy atom. The number of nitrogens with one attached hydrogen (secondary N) is 1. The molecule has 0 spiro atoms. The summed E-state index contributed by atoms with van der Waals surface area (Å²) < 4.78 is 14.3. The summed E-state index contributed by atoms with van der Waals surface area (Å²) in [6.07, 6.45) is 0.944. The van der Waals surface area contributed by atoms with Crippen LogP contribution in [0.15, 0.2) is 11.8 Å². The number of hydrogen-bond donors (Lipinski definition) is 3. The maximum absolute atomic E-state index is 10.6. The molecule has 0 heterocycles. The minimum atomic E-state index is -4.54. The Morgan fingerprint density at radius 2 is 2.08 bits per heavy atom. The van der Waals surface area contributed by atoms with Crippen molar-refractivity contribution < 1.29 is 23.7 Å². The Kier molecular flexibility index (Phi) is 3.95. The molecule has 12 heavy (non-hydrogen) atoms. The van der Waals surface area contributed by atoms with Crippen LogP contribution in [-0.4, -0.2) is 22.7 Å². The monoisotopic (exact) mass is 195 g/mol. The lowest BCUT2D eigenvalue weighted by Gasteiger charge is -2.05. The van der Waals surface area contributed by atoms with Gasteiger partial charge in [0.1, 0.15) is 5.76 Å². The van der Waals surface area contributed by atoms with Crippen LogP contribution in [0.5, 0.6) is 0 Å². The number of hydrogen-bond acceptors (Lipinski definition) is 3. The third-order valence-corrected chi connectivity index (χ3v) is 1.37. The predicted molar refractivity (Wildman–Crippen MR) is 41.0 cm³/mol. The van der Waals surface area contributed by atoms with Crippen LogP contribution in [0.4, 0.5) is 0 Å². The van der Waals surface area contributed by atoms with Gasteiger partial charge in [0.25, 0.3) is 0 Å². The summed E-state index contributed by atoms with van der Waals surface area (Å²) in [6.45, 7) is 1.27. The number of amides is 1. The summed E-state index contributed by atoms with van der Waals surface area (Å²) in [7, 11) is -3.14. The average molecular weight is 195 g/mol. The molecule has 0 unspecified atom stereocenters. The molecule has 0 saturated heterocycles. The summed E-state index contributed by atoms with van der Waals surface area (Å²) in [6, 6.07) is 0. The van der Waals surface area contributed by atoms with Gasteiger partial charge in [-0.05, 0) is 6.92 Å². The van der Waals surface area contributed by atoms with Crippen LogP contribution in [0, 0.1) is 0 Å². The molecule has 6 nitrogen and oxygen atoms in total. The van der Waals surface area contributed by atoms with Crippen LogP contribution in [0.1, 0.15) is 6.92 Å². The second-order valence-corrected chi connectivity index (χ2v) is 3.11. The molecule has 0 bridgehead atoms. The molecule has 0 aromatic carbocycles. The van der Waals surface area contributed by atoms with Crippen molar-refractivity contribution >= 4 is 13.7 Å². The average Bonchev–Trinajstić information content (AvgIpc) is 1.82. The lowest BCUT2D eigenvalue weighted by atomic mass is 10.5. The summed E-state index contributed by atoms with van der Waals surface area (Å²) in [5, 5.41) is 2.23. The first-order valence-corrected chi connectivity index (χ1v) is 4.53. The highest BCUT2D eigenvalue weighted by Gasteiger charge is 2.15. The molecule has 0 saturated carbocycles. The third-order valence-electron chi connectivity index (χ3n) is 0.844. The van der Waals surface area contributed by atoms with Gasteiger partial charge in [-0.25, -0.2) is 4.57 Å². The summed E-state index contributed by atoms with van der Waals surface area (Å²) in [5.74, 6) is -0.622. The Morgan fingerprint density at radius 3 is 2.42 bits per heavy atom. The molecule has 0 fully saturated rings. The Labute approximate surface area is 69.5 Å². The highest BCUT2D eigenvalue weighted by atomic mass is 31.2. The van der Waals surface area contributed by atoms with E-state index in [-0.39, 0.29) is 5.76 Å². The fourth-order valence-electron chi connectivity index (χ4n) is 0.471. The van der Waals surface area contributed by atoms with E-state index in [0.717, 1.165) is 6.08 Å². The van der Waals surface area contributed by atoms with E-state index in [4.69, 9.17) is 9.79 Å². The molecular weight excluding hydrogens is 185 g/mol. The number of phosphoric acid groups is 1. The van der Waals surface area contributed by atoms with Crippen LogP contribution in [0.2, 0.25) is 0 Å². The molecule has 0 aliphatic carbocycles. The minimum absolute atomic E-state index is 0.136. The predicted octanol–water partition coefficient (Wildman–Crippen LogP) is -0.255. The fourth-order valence-corrected chi connectivity index (χ4v) is 0.899. The SMILES string of the molecule is CNC(=O)/C=C(\C)OP(=O)(O)O. The molecule has 0 aliphatic rings. The summed E-state index contributed by atoms with van der Waals surface area (Å²) in [5.41, 5.74) is 0. The zero-order valence-electron chi connectivity index (χ0n) is 6.64. The van der Waals surface area contributed by atoms with E-state index >= 15 is 0 Å². The van der Waals surface area contributed by atoms with E-state index in [1.54, 1.807) is 0 Å². The highest BCUT2D eigenvalue weighted by Crippen LogP contribution is 2.38. The number of rotatable bonds is 3. The van der Waals surface area contributed by atoms with Gasteiger partial charge in [0.05, 0.1) is 0 Å². The number of carbonyl (C=O) groups is 1. The normalized spacial score (nSPS) is 12.5. The first-order valence-electron chi connectivity index (χ1n) is 3.00. The molecule has 0 aliphatic heterocycles. The van der Waals surface area contributed by atoms with Gasteiger partial charge in [-0.2, -0.15) is 0 Å². The molecule has 0 aromatic heterocycles. The van der Waals surface area contributed by atoms with E-state index in [1.165, 1.54) is 14.0 Å². The molecule has 3 N–H and O–H groups in total. The molecule has 0 aromatic rings. The van der Waals surface area contributed by atoms with Gasteiger partial charge in [0.2, 0.25) is 5.91 Å². The number of allylic oxidation sites excluding steroid dienone is 1. The van der Waals surface area contributed by atoms with Crippen molar-refractivity contribution in [2.24, 2.45) is 0 Å². The molecule has 0 radical (unpaired) electrons. The zero-order valence-corrected chi connectivity index (χ0v) is 7.54. The number of carbonyl (C=O) groups excluding carboxylic acids is 1. The third kappa shape index (κ3) is 5.91. The maximum Gasteiger partial charge on any atom is 0.524 e. The molecule has 7 heteroatoms. The van der Waals surface area contributed by atoms with E-state index < -0.39 is 13.7 Å². The molecule has 0 rings (SSSR count). The standard InChI is InChI=1S/C5H10NO5P/c1-4(3-5(7)6-2)11-12(8,9)10/h3H,1-2H3,(H,6,7)(H2,8,9,10)/b4-3+. The quantitative estimate of drug-likeness (QED) is 0.327. The summed E-state index contributed by atoms with van der Waals surface area (Å²) >= 11 is 0. The van der Waals surface area contributed by atoms with E-state index in [9.17, 15) is 9.36 Å². The second-order valence-electron chi connectivity index (χ2n) is 1.95. The van der Waals surface area contributed by atoms with Gasteiger partial charge in [0, 0.05) is 13.1 Å². The number of likely N-dealkylation sites (N-methyl/N-ethyl adjacent to an activating group) is 1. The Balaban J connectivity index is 4.22. The van der Waals surface area contributed by atoms with Crippen LogP contribution in [-0.2, 0) is 13.9 Å². The van der Waals surface area contributed by atoms with Gasteiger partial charge in [0.15, 0.2) is 0 Å². The topological polar surface area (TPSA) is 95.9 Å².